The maximum Gasteiger partial charge on any atom is 0.271 e. The number of carbonyl (C=O) groups is 1. The molecule has 0 atom stereocenters. The standard InChI is InChI=1S/C10H12N2O3S/c1-6(2)12-10(13)9-7(11)4-3-5-8(9)16(12,14)15/h3-6H,11H2,1-2H3. The van der Waals surface area contributed by atoms with Gasteiger partial charge in [-0.05, 0) is 26.0 Å². The maximum atomic E-state index is 12.0. The summed E-state index contributed by atoms with van der Waals surface area (Å²) >= 11 is 0. The molecule has 2 N–H and O–H groups in total. The Kier molecular flexibility index (Phi) is 2.20. The van der Waals surface area contributed by atoms with Crippen molar-refractivity contribution in [3.63, 3.8) is 0 Å². The van der Waals surface area contributed by atoms with Gasteiger partial charge in [-0.15, -0.1) is 0 Å². The summed E-state index contributed by atoms with van der Waals surface area (Å²) in [7, 11) is -3.71. The van der Waals surface area contributed by atoms with Crippen molar-refractivity contribution in [2.75, 3.05) is 5.73 Å². The van der Waals surface area contributed by atoms with E-state index in [-0.39, 0.29) is 16.1 Å². The fraction of sp³-hybridized carbons (Fsp3) is 0.300. The fourth-order valence-electron chi connectivity index (χ4n) is 1.83. The molecule has 1 amide bonds. The van der Waals surface area contributed by atoms with Crippen LogP contribution >= 0.6 is 0 Å². The van der Waals surface area contributed by atoms with E-state index in [4.69, 9.17) is 5.73 Å². The molecule has 5 nitrogen and oxygen atoms in total. The predicted molar refractivity (Wildman–Crippen MR) is 59.3 cm³/mol. The zero-order chi connectivity index (χ0) is 12.1. The van der Waals surface area contributed by atoms with E-state index in [0.717, 1.165) is 4.31 Å². The second kappa shape index (κ2) is 3.21. The van der Waals surface area contributed by atoms with Crippen LogP contribution in [0.2, 0.25) is 0 Å². The summed E-state index contributed by atoms with van der Waals surface area (Å²) in [6, 6.07) is 4.05. The van der Waals surface area contributed by atoms with Crippen LogP contribution in [0.3, 0.4) is 0 Å². The first-order valence-corrected chi connectivity index (χ1v) is 6.28. The molecule has 0 unspecified atom stereocenters. The van der Waals surface area contributed by atoms with Crippen molar-refractivity contribution in [3.05, 3.63) is 23.8 Å². The molecule has 1 heterocycles. The van der Waals surface area contributed by atoms with Crippen molar-refractivity contribution in [2.45, 2.75) is 24.8 Å². The lowest BCUT2D eigenvalue weighted by molar-refractivity contribution is 0.0847. The van der Waals surface area contributed by atoms with E-state index < -0.39 is 22.0 Å². The van der Waals surface area contributed by atoms with Crippen molar-refractivity contribution >= 4 is 21.6 Å². The van der Waals surface area contributed by atoms with Crippen LogP contribution in [0.25, 0.3) is 0 Å². The largest absolute Gasteiger partial charge is 0.398 e. The van der Waals surface area contributed by atoms with Gasteiger partial charge in [-0.2, -0.15) is 0 Å². The molecule has 1 aliphatic heterocycles. The van der Waals surface area contributed by atoms with Gasteiger partial charge in [0.15, 0.2) is 0 Å². The Morgan fingerprint density at radius 1 is 1.31 bits per heavy atom. The number of nitrogen functional groups attached to an aromatic ring is 1. The van der Waals surface area contributed by atoms with Gasteiger partial charge >= 0.3 is 0 Å². The first-order chi connectivity index (χ1) is 7.37. The molecule has 86 valence electrons. The Morgan fingerprint density at radius 3 is 2.44 bits per heavy atom. The predicted octanol–water partition coefficient (Wildman–Crippen LogP) is 0.822. The summed E-state index contributed by atoms with van der Waals surface area (Å²) in [6.45, 7) is 3.30. The molecule has 2 rings (SSSR count). The van der Waals surface area contributed by atoms with Crippen LogP contribution in [0.15, 0.2) is 23.1 Å². The molecule has 0 aliphatic carbocycles. The number of fused-ring (bicyclic) bond motifs is 1. The van der Waals surface area contributed by atoms with Gasteiger partial charge in [-0.3, -0.25) is 4.79 Å². The Morgan fingerprint density at radius 2 is 1.94 bits per heavy atom. The summed E-state index contributed by atoms with van der Waals surface area (Å²) in [6.07, 6.45) is 0. The Bertz CT molecular complexity index is 563. The highest BCUT2D eigenvalue weighted by Gasteiger charge is 2.43. The number of rotatable bonds is 1. The minimum Gasteiger partial charge on any atom is -0.398 e. The average Bonchev–Trinajstić information content (AvgIpc) is 2.35. The van der Waals surface area contributed by atoms with Gasteiger partial charge in [0, 0.05) is 11.7 Å². The van der Waals surface area contributed by atoms with Gasteiger partial charge in [0.2, 0.25) is 0 Å². The molecule has 6 heteroatoms. The van der Waals surface area contributed by atoms with Crippen molar-refractivity contribution in [3.8, 4) is 0 Å². The minimum absolute atomic E-state index is 0.00574. The van der Waals surface area contributed by atoms with Gasteiger partial charge in [-0.1, -0.05) is 6.07 Å². The summed E-state index contributed by atoms with van der Waals surface area (Å²) in [5, 5.41) is 0. The normalized spacial score (nSPS) is 17.9. The van der Waals surface area contributed by atoms with Crippen LogP contribution in [0.4, 0.5) is 5.69 Å². The summed E-state index contributed by atoms with van der Waals surface area (Å²) in [4.78, 5) is 11.9. The highest BCUT2D eigenvalue weighted by molar-refractivity contribution is 7.90. The Hall–Kier alpha value is -1.56. The van der Waals surface area contributed by atoms with E-state index in [1.165, 1.54) is 18.2 Å². The van der Waals surface area contributed by atoms with E-state index >= 15 is 0 Å². The molecular formula is C10H12N2O3S. The lowest BCUT2D eigenvalue weighted by Crippen LogP contribution is -2.36. The summed E-state index contributed by atoms with van der Waals surface area (Å²) in [5.41, 5.74) is 5.93. The third kappa shape index (κ3) is 1.23. The number of nitrogens with two attached hydrogens (primary N) is 1. The number of sulfonamides is 1. The monoisotopic (exact) mass is 240 g/mol. The van der Waals surface area contributed by atoms with Crippen molar-refractivity contribution in [2.24, 2.45) is 0 Å². The third-order valence-electron chi connectivity index (χ3n) is 2.48. The second-order valence-corrected chi connectivity index (χ2v) is 5.70. The number of hydrogen-bond donors (Lipinski definition) is 1. The number of anilines is 1. The van der Waals surface area contributed by atoms with Crippen molar-refractivity contribution in [1.82, 2.24) is 4.31 Å². The molecule has 0 fully saturated rings. The maximum absolute atomic E-state index is 12.0. The number of hydrogen-bond acceptors (Lipinski definition) is 4. The third-order valence-corrected chi connectivity index (χ3v) is 4.48. The second-order valence-electron chi connectivity index (χ2n) is 3.92. The zero-order valence-corrected chi connectivity index (χ0v) is 9.78. The number of carbonyl (C=O) groups excluding carboxylic acids is 1. The summed E-state index contributed by atoms with van der Waals surface area (Å²) in [5.74, 6) is -0.539. The van der Waals surface area contributed by atoms with Gasteiger partial charge < -0.3 is 5.73 Å². The lowest BCUT2D eigenvalue weighted by atomic mass is 10.1. The number of benzene rings is 1. The van der Waals surface area contributed by atoms with Crippen molar-refractivity contribution in [1.29, 1.82) is 0 Å². The van der Waals surface area contributed by atoms with E-state index in [9.17, 15) is 13.2 Å². The molecule has 1 aliphatic rings. The number of nitrogens with zero attached hydrogens (tertiary/aromatic N) is 1. The average molecular weight is 240 g/mol. The zero-order valence-electron chi connectivity index (χ0n) is 8.97. The Labute approximate surface area is 93.9 Å². The molecule has 1 aromatic rings. The molecule has 0 saturated heterocycles. The van der Waals surface area contributed by atoms with Crippen LogP contribution in [-0.4, -0.2) is 24.7 Å². The SMILES string of the molecule is CC(C)N1C(=O)c2c(N)cccc2S1(=O)=O. The first kappa shape index (κ1) is 10.9. The van der Waals surface area contributed by atoms with Crippen LogP contribution in [0, 0.1) is 0 Å². The van der Waals surface area contributed by atoms with Gasteiger partial charge in [0.05, 0.1) is 5.56 Å². The van der Waals surface area contributed by atoms with Crippen LogP contribution in [0.5, 0.6) is 0 Å². The van der Waals surface area contributed by atoms with E-state index in [0.29, 0.717) is 0 Å². The van der Waals surface area contributed by atoms with Gasteiger partial charge in [0.1, 0.15) is 4.90 Å². The highest BCUT2D eigenvalue weighted by atomic mass is 32.2. The summed E-state index contributed by atoms with van der Waals surface area (Å²) < 4.78 is 24.9. The van der Waals surface area contributed by atoms with Crippen molar-refractivity contribution < 1.29 is 13.2 Å². The fourth-order valence-corrected chi connectivity index (χ4v) is 3.62. The van der Waals surface area contributed by atoms with E-state index in [1.807, 2.05) is 0 Å². The molecule has 0 radical (unpaired) electrons. The van der Waals surface area contributed by atoms with Gasteiger partial charge in [-0.25, -0.2) is 12.7 Å². The molecule has 1 aromatic carbocycles. The Balaban J connectivity index is 2.77. The molecule has 0 bridgehead atoms. The topological polar surface area (TPSA) is 80.5 Å². The van der Waals surface area contributed by atoms with Crippen LogP contribution in [-0.2, 0) is 10.0 Å². The van der Waals surface area contributed by atoms with Crippen LogP contribution < -0.4 is 5.73 Å². The highest BCUT2D eigenvalue weighted by Crippen LogP contribution is 2.34. The first-order valence-electron chi connectivity index (χ1n) is 4.84. The minimum atomic E-state index is -3.71. The quantitative estimate of drug-likeness (QED) is 0.737. The molecule has 0 aromatic heterocycles. The van der Waals surface area contributed by atoms with Gasteiger partial charge in [0.25, 0.3) is 15.9 Å². The molecule has 0 spiro atoms. The number of amides is 1. The molecule has 0 saturated carbocycles. The van der Waals surface area contributed by atoms with E-state index in [1.54, 1.807) is 13.8 Å². The molecule has 16 heavy (non-hydrogen) atoms. The van der Waals surface area contributed by atoms with Crippen LogP contribution in [0.1, 0.15) is 24.2 Å². The lowest BCUT2D eigenvalue weighted by Gasteiger charge is -2.18. The van der Waals surface area contributed by atoms with E-state index in [2.05, 4.69) is 0 Å². The molecular weight excluding hydrogens is 228 g/mol. The smallest absolute Gasteiger partial charge is 0.271 e.